The van der Waals surface area contributed by atoms with Gasteiger partial charge in [-0.2, -0.15) is 0 Å². The molecule has 3 nitrogen and oxygen atoms in total. The summed E-state index contributed by atoms with van der Waals surface area (Å²) in [6.45, 7) is 6.99. The standard InChI is InChI=1S/C12H27Ge.C4H5NO2/c1-4-7-10-13(11-8-5-2)12-9-6-3;6-3-1-2-4(7)5-3/h4-12H2,1-3H3;1-2H2,(H,5,6,7)/p-1. The molecule has 0 saturated carbocycles. The van der Waals surface area contributed by atoms with Crippen LogP contribution in [-0.4, -0.2) is 26.2 Å². The Morgan fingerprint density at radius 2 is 1.15 bits per heavy atom. The third kappa shape index (κ3) is 11.5. The molecule has 20 heavy (non-hydrogen) atoms. The van der Waals surface area contributed by atoms with E-state index in [0.717, 1.165) is 0 Å². The number of unbranched alkanes of at least 4 members (excludes halogenated alkanes) is 3. The topological polar surface area (TPSA) is 48.2 Å². The molecule has 2 amide bonds. The number of hydrogen-bond acceptors (Lipinski definition) is 2. The summed E-state index contributed by atoms with van der Waals surface area (Å²) >= 11 is -0.552. The minimum Gasteiger partial charge on any atom is -0.596 e. The van der Waals surface area contributed by atoms with Gasteiger partial charge in [-0.05, 0) is 12.8 Å². The van der Waals surface area contributed by atoms with Crippen LogP contribution in [0.2, 0.25) is 15.8 Å². The zero-order valence-electron chi connectivity index (χ0n) is 13.5. The molecular formula is C16H31GeNO2-. The van der Waals surface area contributed by atoms with Crippen LogP contribution in [0.1, 0.15) is 72.1 Å². The summed E-state index contributed by atoms with van der Waals surface area (Å²) in [6, 6.07) is 0. The molecule has 1 aliphatic heterocycles. The molecule has 1 radical (unpaired) electrons. The first-order valence-electron chi connectivity index (χ1n) is 8.24. The maximum absolute atomic E-state index is 10.1. The Balaban J connectivity index is 0.000000428. The summed E-state index contributed by atoms with van der Waals surface area (Å²) in [5, 5.41) is 8.06. The van der Waals surface area contributed by atoms with Gasteiger partial charge >= 0.3 is 89.4 Å². The van der Waals surface area contributed by atoms with Crippen molar-refractivity contribution in [3.8, 4) is 0 Å². The van der Waals surface area contributed by atoms with E-state index in [1.807, 2.05) is 0 Å². The van der Waals surface area contributed by atoms with Crippen LogP contribution in [0.3, 0.4) is 0 Å². The van der Waals surface area contributed by atoms with Crippen LogP contribution < -0.4 is 0 Å². The van der Waals surface area contributed by atoms with Crippen LogP contribution >= 0.6 is 0 Å². The van der Waals surface area contributed by atoms with E-state index >= 15 is 0 Å². The Kier molecular flexibility index (Phi) is 13.4. The van der Waals surface area contributed by atoms with Gasteiger partial charge in [0.2, 0.25) is 0 Å². The van der Waals surface area contributed by atoms with Crippen molar-refractivity contribution in [3.63, 3.8) is 0 Å². The average molecular weight is 342 g/mol. The van der Waals surface area contributed by atoms with E-state index < -0.39 is 14.3 Å². The van der Waals surface area contributed by atoms with Crippen molar-refractivity contribution >= 4 is 26.2 Å². The fourth-order valence-corrected chi connectivity index (χ4v) is 9.07. The third-order valence-corrected chi connectivity index (χ3v) is 10.1. The van der Waals surface area contributed by atoms with E-state index in [-0.39, 0.29) is 11.8 Å². The zero-order chi connectivity index (χ0) is 15.2. The van der Waals surface area contributed by atoms with Crippen LogP contribution in [0.4, 0.5) is 0 Å². The summed E-state index contributed by atoms with van der Waals surface area (Å²) in [5.74, 6) is -0.546. The molecule has 1 rings (SSSR count). The smallest absolute Gasteiger partial charge is 0.0568 e. The molecule has 0 aromatic carbocycles. The maximum Gasteiger partial charge on any atom is 0.0568 e. The Morgan fingerprint density at radius 1 is 0.800 bits per heavy atom. The molecule has 1 aliphatic rings. The molecule has 0 N–H and O–H groups in total. The molecule has 0 spiro atoms. The molecule has 1 fully saturated rings. The molecule has 0 atom stereocenters. The summed E-state index contributed by atoms with van der Waals surface area (Å²) in [5.41, 5.74) is 0. The van der Waals surface area contributed by atoms with E-state index in [9.17, 15) is 9.59 Å². The van der Waals surface area contributed by atoms with Gasteiger partial charge in [-0.15, -0.1) is 0 Å². The van der Waals surface area contributed by atoms with Crippen LogP contribution in [0.5, 0.6) is 0 Å². The Morgan fingerprint density at radius 3 is 1.35 bits per heavy atom. The minimum absolute atomic E-state index is 0.273. The normalized spacial score (nSPS) is 14.2. The first-order chi connectivity index (χ1) is 9.63. The van der Waals surface area contributed by atoms with Gasteiger partial charge < -0.3 is 14.9 Å². The fraction of sp³-hybridized carbons (Fsp3) is 0.875. The second-order valence-electron chi connectivity index (χ2n) is 5.46. The monoisotopic (exact) mass is 343 g/mol. The van der Waals surface area contributed by atoms with Crippen LogP contribution in [-0.2, 0) is 9.59 Å². The maximum atomic E-state index is 10.1. The van der Waals surface area contributed by atoms with Gasteiger partial charge in [-0.25, -0.2) is 0 Å². The molecular weight excluding hydrogens is 311 g/mol. The molecule has 0 aromatic rings. The van der Waals surface area contributed by atoms with Crippen molar-refractivity contribution in [3.05, 3.63) is 5.32 Å². The molecule has 117 valence electrons. The van der Waals surface area contributed by atoms with E-state index in [0.29, 0.717) is 12.8 Å². The van der Waals surface area contributed by atoms with Gasteiger partial charge in [-0.3, -0.25) is 0 Å². The third-order valence-electron chi connectivity index (χ3n) is 3.45. The van der Waals surface area contributed by atoms with Gasteiger partial charge in [0.15, 0.2) is 0 Å². The summed E-state index contributed by atoms with van der Waals surface area (Å²) < 4.78 is 0. The molecule has 4 heteroatoms. The molecule has 0 bridgehead atoms. The largest absolute Gasteiger partial charge is 0.596 e. The van der Waals surface area contributed by atoms with Crippen LogP contribution in [0.25, 0.3) is 5.32 Å². The second kappa shape index (κ2) is 13.7. The molecule has 0 aliphatic carbocycles. The summed E-state index contributed by atoms with van der Waals surface area (Å²) in [6.07, 6.45) is 9.42. The van der Waals surface area contributed by atoms with E-state index in [1.54, 1.807) is 15.8 Å². The van der Waals surface area contributed by atoms with Crippen molar-refractivity contribution in [1.29, 1.82) is 0 Å². The summed E-state index contributed by atoms with van der Waals surface area (Å²) in [4.78, 5) is 20.1. The summed E-state index contributed by atoms with van der Waals surface area (Å²) in [7, 11) is 0. The fourth-order valence-electron chi connectivity index (χ4n) is 2.12. The SMILES string of the molecule is CCC[CH2][Ge]([CH2]CCC)[CH2]CCC.O=C1CCC(=O)[N-]1. The number of imide groups is 1. The van der Waals surface area contributed by atoms with Crippen LogP contribution in [0.15, 0.2) is 0 Å². The number of amides is 2. The van der Waals surface area contributed by atoms with Crippen molar-refractivity contribution in [2.45, 2.75) is 87.9 Å². The van der Waals surface area contributed by atoms with Gasteiger partial charge in [0.1, 0.15) is 0 Å². The van der Waals surface area contributed by atoms with Crippen molar-refractivity contribution < 1.29 is 9.59 Å². The number of nitrogens with zero attached hydrogens (tertiary/aromatic N) is 1. The average Bonchev–Trinajstić information content (AvgIpc) is 2.82. The quantitative estimate of drug-likeness (QED) is 0.433. The first-order valence-corrected chi connectivity index (χ1v) is 12.7. The van der Waals surface area contributed by atoms with Crippen LogP contribution in [0, 0.1) is 0 Å². The van der Waals surface area contributed by atoms with Gasteiger partial charge in [-0.1, -0.05) is 0 Å². The van der Waals surface area contributed by atoms with E-state index in [1.165, 1.54) is 38.5 Å². The van der Waals surface area contributed by atoms with E-state index in [4.69, 9.17) is 0 Å². The van der Waals surface area contributed by atoms with Gasteiger partial charge in [0.25, 0.3) is 0 Å². The first kappa shape index (κ1) is 19.7. The molecule has 0 unspecified atom stereocenters. The van der Waals surface area contributed by atoms with Crippen molar-refractivity contribution in [2.75, 3.05) is 0 Å². The number of carbonyl (C=O) groups is 2. The second-order valence-corrected chi connectivity index (χ2v) is 11.8. The molecule has 1 heterocycles. The minimum atomic E-state index is -0.552. The predicted octanol–water partition coefficient (Wildman–Crippen LogP) is 5.09. The number of carbonyl (C=O) groups excluding carboxylic acids is 2. The van der Waals surface area contributed by atoms with Crippen molar-refractivity contribution in [1.82, 2.24) is 0 Å². The molecule has 1 saturated heterocycles. The van der Waals surface area contributed by atoms with Gasteiger partial charge in [0.05, 0.1) is 11.8 Å². The number of rotatable bonds is 9. The van der Waals surface area contributed by atoms with Gasteiger partial charge in [0, 0.05) is 0 Å². The Hall–Kier alpha value is -0.317. The predicted molar refractivity (Wildman–Crippen MR) is 87.5 cm³/mol. The zero-order valence-corrected chi connectivity index (χ0v) is 15.6. The molecule has 0 aromatic heterocycles. The number of hydrogen-bond donors (Lipinski definition) is 0. The Labute approximate surface area is 129 Å². The van der Waals surface area contributed by atoms with Crippen molar-refractivity contribution in [2.24, 2.45) is 0 Å². The Bertz CT molecular complexity index is 236. The van der Waals surface area contributed by atoms with E-state index in [2.05, 4.69) is 26.1 Å².